The van der Waals surface area contributed by atoms with E-state index < -0.39 is 0 Å². The number of piperazine rings is 1. The highest BCUT2D eigenvalue weighted by Crippen LogP contribution is 2.23. The van der Waals surface area contributed by atoms with E-state index in [1.54, 1.807) is 0 Å². The summed E-state index contributed by atoms with van der Waals surface area (Å²) in [7, 11) is 0. The summed E-state index contributed by atoms with van der Waals surface area (Å²) in [4.78, 5) is 21.5. The SMILES string of the molecule is O=C(Nc1ccc(-c2ccc(CN3CCN(Cc4ccncc4)CC3)cc2)cc1)c1ccccc1. The smallest absolute Gasteiger partial charge is 0.255 e. The van der Waals surface area contributed by atoms with E-state index in [1.807, 2.05) is 54.9 Å². The molecule has 0 unspecified atom stereocenters. The van der Waals surface area contributed by atoms with E-state index in [0.29, 0.717) is 5.56 Å². The van der Waals surface area contributed by atoms with Gasteiger partial charge in [-0.05, 0) is 58.7 Å². The van der Waals surface area contributed by atoms with Crippen LogP contribution in [0.4, 0.5) is 5.69 Å². The van der Waals surface area contributed by atoms with Gasteiger partial charge in [-0.3, -0.25) is 19.6 Å². The molecule has 35 heavy (non-hydrogen) atoms. The maximum Gasteiger partial charge on any atom is 0.255 e. The number of nitrogens with zero attached hydrogens (tertiary/aromatic N) is 3. The lowest BCUT2D eigenvalue weighted by molar-refractivity contribution is 0.102. The molecule has 5 nitrogen and oxygen atoms in total. The maximum atomic E-state index is 12.4. The Hall–Kier alpha value is -3.80. The normalized spacial score (nSPS) is 14.5. The lowest BCUT2D eigenvalue weighted by atomic mass is 10.0. The number of amides is 1. The van der Waals surface area contributed by atoms with Gasteiger partial charge < -0.3 is 5.32 Å². The van der Waals surface area contributed by atoms with E-state index in [9.17, 15) is 4.79 Å². The first-order valence-electron chi connectivity index (χ1n) is 12.1. The zero-order valence-electron chi connectivity index (χ0n) is 19.8. The van der Waals surface area contributed by atoms with Gasteiger partial charge in [0.2, 0.25) is 0 Å². The number of aromatic nitrogens is 1. The zero-order valence-corrected chi connectivity index (χ0v) is 19.8. The summed E-state index contributed by atoms with van der Waals surface area (Å²) in [6.45, 7) is 6.33. The highest BCUT2D eigenvalue weighted by atomic mass is 16.1. The van der Waals surface area contributed by atoms with Gasteiger partial charge in [0.1, 0.15) is 0 Å². The molecule has 5 heteroatoms. The Bertz CT molecular complexity index is 1220. The molecule has 176 valence electrons. The second-order valence-corrected chi connectivity index (χ2v) is 9.00. The highest BCUT2D eigenvalue weighted by Gasteiger charge is 2.17. The molecular weight excluding hydrogens is 432 g/mol. The highest BCUT2D eigenvalue weighted by molar-refractivity contribution is 6.04. The van der Waals surface area contributed by atoms with Crippen molar-refractivity contribution in [3.05, 3.63) is 120 Å². The van der Waals surface area contributed by atoms with Crippen LogP contribution in [0, 0.1) is 0 Å². The quantitative estimate of drug-likeness (QED) is 0.404. The molecule has 0 saturated carbocycles. The van der Waals surface area contributed by atoms with Crippen LogP contribution in [0.3, 0.4) is 0 Å². The molecule has 0 atom stereocenters. The molecule has 1 N–H and O–H groups in total. The van der Waals surface area contributed by atoms with Crippen molar-refractivity contribution in [2.75, 3.05) is 31.5 Å². The van der Waals surface area contributed by atoms with Crippen molar-refractivity contribution < 1.29 is 4.79 Å². The Labute approximate surface area is 207 Å². The number of carbonyl (C=O) groups excluding carboxylic acids is 1. The number of rotatable bonds is 7. The van der Waals surface area contributed by atoms with Crippen LogP contribution in [0.2, 0.25) is 0 Å². The van der Waals surface area contributed by atoms with Crippen LogP contribution in [0.25, 0.3) is 11.1 Å². The molecule has 2 heterocycles. The van der Waals surface area contributed by atoms with Crippen LogP contribution in [0.5, 0.6) is 0 Å². The van der Waals surface area contributed by atoms with Crippen molar-refractivity contribution in [1.29, 1.82) is 0 Å². The van der Waals surface area contributed by atoms with E-state index in [2.05, 4.69) is 68.6 Å². The zero-order chi connectivity index (χ0) is 23.9. The summed E-state index contributed by atoms with van der Waals surface area (Å²) >= 11 is 0. The van der Waals surface area contributed by atoms with Crippen LogP contribution < -0.4 is 5.32 Å². The lowest BCUT2D eigenvalue weighted by Gasteiger charge is -2.34. The average molecular weight is 463 g/mol. The maximum absolute atomic E-state index is 12.4. The lowest BCUT2D eigenvalue weighted by Crippen LogP contribution is -2.45. The predicted octanol–water partition coefficient (Wildman–Crippen LogP) is 5.32. The standard InChI is InChI=1S/C30H30N4O/c35-30(28-4-2-1-3-5-28)32-29-12-10-27(11-13-29)26-8-6-24(7-9-26)22-33-18-20-34(21-19-33)23-25-14-16-31-17-15-25/h1-17H,18-23H2,(H,32,35). The summed E-state index contributed by atoms with van der Waals surface area (Å²) in [5.74, 6) is -0.0964. The van der Waals surface area contributed by atoms with Crippen molar-refractivity contribution >= 4 is 11.6 Å². The number of carbonyl (C=O) groups is 1. The molecule has 1 aliphatic heterocycles. The first-order valence-corrected chi connectivity index (χ1v) is 12.1. The van der Waals surface area contributed by atoms with E-state index in [4.69, 9.17) is 0 Å². The fourth-order valence-electron chi connectivity index (χ4n) is 4.45. The van der Waals surface area contributed by atoms with E-state index in [1.165, 1.54) is 16.7 Å². The average Bonchev–Trinajstić information content (AvgIpc) is 2.92. The molecule has 1 aliphatic rings. The third-order valence-corrected chi connectivity index (χ3v) is 6.49. The molecule has 1 fully saturated rings. The minimum absolute atomic E-state index is 0.0964. The molecule has 0 spiro atoms. The summed E-state index contributed by atoms with van der Waals surface area (Å²) in [5, 5.41) is 2.96. The fourth-order valence-corrected chi connectivity index (χ4v) is 4.45. The van der Waals surface area contributed by atoms with Gasteiger partial charge in [-0.15, -0.1) is 0 Å². The monoisotopic (exact) mass is 462 g/mol. The summed E-state index contributed by atoms with van der Waals surface area (Å²) in [6, 6.07) is 30.3. The molecule has 0 aliphatic carbocycles. The Kier molecular flexibility index (Phi) is 7.27. The Balaban J connectivity index is 1.12. The van der Waals surface area contributed by atoms with E-state index in [-0.39, 0.29) is 5.91 Å². The van der Waals surface area contributed by atoms with Gasteiger partial charge in [-0.1, -0.05) is 54.6 Å². The van der Waals surface area contributed by atoms with Crippen LogP contribution in [-0.2, 0) is 13.1 Å². The van der Waals surface area contributed by atoms with Crippen LogP contribution >= 0.6 is 0 Å². The second kappa shape index (κ2) is 11.1. The van der Waals surface area contributed by atoms with Crippen molar-refractivity contribution in [3.8, 4) is 11.1 Å². The topological polar surface area (TPSA) is 48.5 Å². The molecule has 5 rings (SSSR count). The molecule has 0 radical (unpaired) electrons. The van der Waals surface area contributed by atoms with Crippen LogP contribution in [0.1, 0.15) is 21.5 Å². The molecular formula is C30H30N4O. The summed E-state index contributed by atoms with van der Waals surface area (Å²) in [5.41, 5.74) is 6.43. The van der Waals surface area contributed by atoms with E-state index >= 15 is 0 Å². The van der Waals surface area contributed by atoms with Gasteiger partial charge in [0.05, 0.1) is 0 Å². The Morgan fingerprint density at radius 3 is 1.74 bits per heavy atom. The minimum Gasteiger partial charge on any atom is -0.322 e. The van der Waals surface area contributed by atoms with Crippen molar-refractivity contribution in [2.45, 2.75) is 13.1 Å². The van der Waals surface area contributed by atoms with Crippen molar-refractivity contribution in [3.63, 3.8) is 0 Å². The predicted molar refractivity (Wildman–Crippen MR) is 141 cm³/mol. The second-order valence-electron chi connectivity index (χ2n) is 9.00. The van der Waals surface area contributed by atoms with Gasteiger partial charge in [0.25, 0.3) is 5.91 Å². The molecule has 1 aromatic heterocycles. The number of nitrogens with one attached hydrogen (secondary N) is 1. The van der Waals surface area contributed by atoms with Gasteiger partial charge in [-0.2, -0.15) is 0 Å². The van der Waals surface area contributed by atoms with Crippen molar-refractivity contribution in [1.82, 2.24) is 14.8 Å². The summed E-state index contributed by atoms with van der Waals surface area (Å²) < 4.78 is 0. The summed E-state index contributed by atoms with van der Waals surface area (Å²) in [6.07, 6.45) is 3.74. The van der Waals surface area contributed by atoms with Gasteiger partial charge in [0.15, 0.2) is 0 Å². The number of anilines is 1. The van der Waals surface area contributed by atoms with Crippen LogP contribution in [0.15, 0.2) is 103 Å². The number of pyridine rings is 1. The van der Waals surface area contributed by atoms with Crippen LogP contribution in [-0.4, -0.2) is 46.9 Å². The third kappa shape index (κ3) is 6.21. The van der Waals surface area contributed by atoms with Gasteiger partial charge in [-0.25, -0.2) is 0 Å². The first-order chi connectivity index (χ1) is 17.2. The minimum atomic E-state index is -0.0964. The number of hydrogen-bond acceptors (Lipinski definition) is 4. The number of benzene rings is 3. The van der Waals surface area contributed by atoms with Gasteiger partial charge >= 0.3 is 0 Å². The Morgan fingerprint density at radius 2 is 1.17 bits per heavy atom. The van der Waals surface area contributed by atoms with Gasteiger partial charge in [0, 0.05) is 62.9 Å². The largest absolute Gasteiger partial charge is 0.322 e. The molecule has 1 amide bonds. The molecule has 4 aromatic rings. The molecule has 3 aromatic carbocycles. The molecule has 1 saturated heterocycles. The number of hydrogen-bond donors (Lipinski definition) is 1. The van der Waals surface area contributed by atoms with Crippen molar-refractivity contribution in [2.24, 2.45) is 0 Å². The van der Waals surface area contributed by atoms with E-state index in [0.717, 1.165) is 50.5 Å². The molecule has 0 bridgehead atoms. The third-order valence-electron chi connectivity index (χ3n) is 6.49. The Morgan fingerprint density at radius 1 is 0.657 bits per heavy atom. The fraction of sp³-hybridized carbons (Fsp3) is 0.200. The first kappa shape index (κ1) is 23.0.